The number of nitrogens with zero attached hydrogens (tertiary/aromatic N) is 1. The number of piperidine rings is 1. The standard InChI is InChI=1S/C13H24NO/c1-2-3-9-14-10-7-13(8-11-14)6-4-5-12-15/h13H,2-11H2,1H3. The SMILES string of the molecule is CCCCN1CCC(CCC[C]=O)CC1. The molecule has 1 fully saturated rings. The monoisotopic (exact) mass is 210 g/mol. The second-order valence-corrected chi connectivity index (χ2v) is 4.68. The van der Waals surface area contributed by atoms with Crippen LogP contribution in [-0.4, -0.2) is 30.8 Å². The lowest BCUT2D eigenvalue weighted by atomic mass is 9.91. The lowest BCUT2D eigenvalue weighted by Gasteiger charge is -2.31. The van der Waals surface area contributed by atoms with Gasteiger partial charge in [-0.15, -0.1) is 0 Å². The van der Waals surface area contributed by atoms with Gasteiger partial charge in [0.1, 0.15) is 0 Å². The maximum absolute atomic E-state index is 10.1. The largest absolute Gasteiger partial charge is 0.303 e. The van der Waals surface area contributed by atoms with Gasteiger partial charge in [-0.2, -0.15) is 0 Å². The van der Waals surface area contributed by atoms with Crippen LogP contribution in [0.1, 0.15) is 51.9 Å². The molecule has 1 rings (SSSR count). The lowest BCUT2D eigenvalue weighted by molar-refractivity contribution is 0.176. The molecule has 0 N–H and O–H groups in total. The van der Waals surface area contributed by atoms with E-state index in [1.807, 2.05) is 6.29 Å². The fourth-order valence-electron chi connectivity index (χ4n) is 2.34. The van der Waals surface area contributed by atoms with Gasteiger partial charge in [0, 0.05) is 6.42 Å². The van der Waals surface area contributed by atoms with Gasteiger partial charge in [-0.05, 0) is 57.7 Å². The van der Waals surface area contributed by atoms with Crippen LogP contribution in [0, 0.1) is 5.92 Å². The van der Waals surface area contributed by atoms with Crippen LogP contribution in [0.25, 0.3) is 0 Å². The van der Waals surface area contributed by atoms with Crippen LogP contribution in [0.5, 0.6) is 0 Å². The molecule has 2 nitrogen and oxygen atoms in total. The summed E-state index contributed by atoms with van der Waals surface area (Å²) in [6.07, 6.45) is 10.2. The molecule has 1 heterocycles. The minimum absolute atomic E-state index is 0.635. The minimum Gasteiger partial charge on any atom is -0.303 e. The molecule has 0 aromatic rings. The Balaban J connectivity index is 2.04. The zero-order valence-electron chi connectivity index (χ0n) is 10.0. The molecule has 15 heavy (non-hydrogen) atoms. The fraction of sp³-hybridized carbons (Fsp3) is 0.923. The Morgan fingerprint density at radius 3 is 2.60 bits per heavy atom. The van der Waals surface area contributed by atoms with Crippen LogP contribution in [-0.2, 0) is 4.79 Å². The highest BCUT2D eigenvalue weighted by atomic mass is 16.1. The van der Waals surface area contributed by atoms with Gasteiger partial charge < -0.3 is 4.90 Å². The predicted octanol–water partition coefficient (Wildman–Crippen LogP) is 2.78. The third kappa shape index (κ3) is 5.31. The molecule has 1 radical (unpaired) electrons. The molecule has 1 aliphatic rings. The smallest absolute Gasteiger partial charge is 0.198 e. The highest BCUT2D eigenvalue weighted by Gasteiger charge is 2.17. The lowest BCUT2D eigenvalue weighted by Crippen LogP contribution is -2.34. The quantitative estimate of drug-likeness (QED) is 0.602. The zero-order valence-corrected chi connectivity index (χ0v) is 10.0. The molecule has 87 valence electrons. The summed E-state index contributed by atoms with van der Waals surface area (Å²) in [5.74, 6) is 0.872. The van der Waals surface area contributed by atoms with Gasteiger partial charge in [-0.25, -0.2) is 0 Å². The number of carbonyl (C=O) groups excluding carboxylic acids is 1. The van der Waals surface area contributed by atoms with Crippen molar-refractivity contribution >= 4 is 6.29 Å². The van der Waals surface area contributed by atoms with Gasteiger partial charge in [0.15, 0.2) is 6.29 Å². The van der Waals surface area contributed by atoms with Crippen molar-refractivity contribution in [3.8, 4) is 0 Å². The second kappa shape index (κ2) is 7.86. The summed E-state index contributed by atoms with van der Waals surface area (Å²) in [5, 5.41) is 0. The van der Waals surface area contributed by atoms with Crippen LogP contribution in [0.2, 0.25) is 0 Å². The van der Waals surface area contributed by atoms with Gasteiger partial charge in [0.05, 0.1) is 0 Å². The summed E-state index contributed by atoms with van der Waals surface area (Å²) in [6.45, 7) is 6.08. The van der Waals surface area contributed by atoms with Crippen molar-refractivity contribution in [3.63, 3.8) is 0 Å². The van der Waals surface area contributed by atoms with Gasteiger partial charge in [0.2, 0.25) is 0 Å². The van der Waals surface area contributed by atoms with Crippen molar-refractivity contribution in [2.24, 2.45) is 5.92 Å². The van der Waals surface area contributed by atoms with E-state index in [2.05, 4.69) is 11.8 Å². The molecule has 0 spiro atoms. The molecule has 0 unspecified atom stereocenters. The fourth-order valence-corrected chi connectivity index (χ4v) is 2.34. The Hall–Kier alpha value is -0.370. The summed E-state index contributed by atoms with van der Waals surface area (Å²) in [6, 6.07) is 0. The van der Waals surface area contributed by atoms with Crippen molar-refractivity contribution in [3.05, 3.63) is 0 Å². The molecule has 1 saturated heterocycles. The first kappa shape index (κ1) is 12.7. The summed E-state index contributed by atoms with van der Waals surface area (Å²) < 4.78 is 0. The zero-order chi connectivity index (χ0) is 10.9. The van der Waals surface area contributed by atoms with E-state index in [4.69, 9.17) is 0 Å². The molecule has 0 saturated carbocycles. The van der Waals surface area contributed by atoms with Crippen molar-refractivity contribution in [2.75, 3.05) is 19.6 Å². The maximum Gasteiger partial charge on any atom is 0.198 e. The highest BCUT2D eigenvalue weighted by Crippen LogP contribution is 2.22. The average molecular weight is 210 g/mol. The summed E-state index contributed by atoms with van der Waals surface area (Å²) in [7, 11) is 0. The van der Waals surface area contributed by atoms with E-state index < -0.39 is 0 Å². The first-order chi connectivity index (χ1) is 7.36. The Bertz CT molecular complexity index is 162. The van der Waals surface area contributed by atoms with Crippen LogP contribution >= 0.6 is 0 Å². The Morgan fingerprint density at radius 1 is 1.27 bits per heavy atom. The third-order valence-electron chi connectivity index (χ3n) is 3.43. The van der Waals surface area contributed by atoms with Crippen molar-refractivity contribution in [1.29, 1.82) is 0 Å². The number of hydrogen-bond donors (Lipinski definition) is 0. The van der Waals surface area contributed by atoms with Crippen LogP contribution in [0.15, 0.2) is 0 Å². The number of hydrogen-bond acceptors (Lipinski definition) is 2. The minimum atomic E-state index is 0.635. The molecule has 0 aromatic heterocycles. The molecule has 0 aliphatic carbocycles. The van der Waals surface area contributed by atoms with Gasteiger partial charge in [0.25, 0.3) is 0 Å². The molecule has 2 heteroatoms. The number of rotatable bonds is 7. The first-order valence-corrected chi connectivity index (χ1v) is 6.44. The second-order valence-electron chi connectivity index (χ2n) is 4.68. The van der Waals surface area contributed by atoms with E-state index in [-0.39, 0.29) is 0 Å². The molecule has 0 bridgehead atoms. The first-order valence-electron chi connectivity index (χ1n) is 6.44. The van der Waals surface area contributed by atoms with E-state index in [0.29, 0.717) is 6.42 Å². The van der Waals surface area contributed by atoms with Crippen LogP contribution < -0.4 is 0 Å². The third-order valence-corrected chi connectivity index (χ3v) is 3.43. The predicted molar refractivity (Wildman–Crippen MR) is 63.6 cm³/mol. The average Bonchev–Trinajstić information content (AvgIpc) is 2.28. The van der Waals surface area contributed by atoms with Gasteiger partial charge in [-0.1, -0.05) is 13.3 Å². The van der Waals surface area contributed by atoms with E-state index in [1.54, 1.807) is 0 Å². The summed E-state index contributed by atoms with van der Waals surface area (Å²) in [5.41, 5.74) is 0. The molecular weight excluding hydrogens is 186 g/mol. The summed E-state index contributed by atoms with van der Waals surface area (Å²) in [4.78, 5) is 12.7. The topological polar surface area (TPSA) is 20.3 Å². The highest BCUT2D eigenvalue weighted by molar-refractivity contribution is 5.50. The van der Waals surface area contributed by atoms with Crippen LogP contribution in [0.4, 0.5) is 0 Å². The van der Waals surface area contributed by atoms with Crippen molar-refractivity contribution in [1.82, 2.24) is 4.90 Å². The van der Waals surface area contributed by atoms with E-state index in [1.165, 1.54) is 51.7 Å². The molecule has 0 amide bonds. The van der Waals surface area contributed by atoms with Gasteiger partial charge >= 0.3 is 0 Å². The molecule has 0 aromatic carbocycles. The summed E-state index contributed by atoms with van der Waals surface area (Å²) >= 11 is 0. The van der Waals surface area contributed by atoms with Crippen LogP contribution in [0.3, 0.4) is 0 Å². The van der Waals surface area contributed by atoms with Crippen molar-refractivity contribution < 1.29 is 4.79 Å². The Labute approximate surface area is 94.0 Å². The Kier molecular flexibility index (Phi) is 6.66. The molecule has 0 atom stereocenters. The van der Waals surface area contributed by atoms with Crippen molar-refractivity contribution in [2.45, 2.75) is 51.9 Å². The molecular formula is C13H24NO. The number of unbranched alkanes of at least 4 members (excludes halogenated alkanes) is 2. The van der Waals surface area contributed by atoms with Gasteiger partial charge in [-0.3, -0.25) is 4.79 Å². The van der Waals surface area contributed by atoms with E-state index in [9.17, 15) is 4.79 Å². The normalized spacial score (nSPS) is 19.3. The van der Waals surface area contributed by atoms with E-state index in [0.717, 1.165) is 12.3 Å². The maximum atomic E-state index is 10.1. The van der Waals surface area contributed by atoms with E-state index >= 15 is 0 Å². The molecule has 1 aliphatic heterocycles. The number of likely N-dealkylation sites (tertiary alicyclic amines) is 1. The Morgan fingerprint density at radius 2 is 2.00 bits per heavy atom.